The second-order valence-corrected chi connectivity index (χ2v) is 6.99. The molecule has 0 bridgehead atoms. The van der Waals surface area contributed by atoms with E-state index in [9.17, 15) is 22.8 Å². The Kier molecular flexibility index (Phi) is 5.82. The Morgan fingerprint density at radius 3 is 2.69 bits per heavy atom. The Bertz CT molecular complexity index is 1070. The molecule has 12 heteroatoms. The van der Waals surface area contributed by atoms with Crippen molar-refractivity contribution in [3.05, 3.63) is 52.4 Å². The van der Waals surface area contributed by atoms with Gasteiger partial charge < -0.3 is 16.4 Å². The number of aromatic nitrogens is 3. The average molecular weight is 424 g/mol. The smallest absolute Gasteiger partial charge is 0.267 e. The summed E-state index contributed by atoms with van der Waals surface area (Å²) in [6, 6.07) is 3.59. The van der Waals surface area contributed by atoms with E-state index in [0.717, 1.165) is 22.1 Å². The van der Waals surface area contributed by atoms with Crippen molar-refractivity contribution in [2.24, 2.45) is 0 Å². The van der Waals surface area contributed by atoms with Crippen LogP contribution < -0.4 is 16.4 Å². The molecular formula is C17H15F3N6O2S. The van der Waals surface area contributed by atoms with Crippen LogP contribution in [0.4, 0.5) is 29.8 Å². The van der Waals surface area contributed by atoms with Crippen molar-refractivity contribution in [2.45, 2.75) is 19.9 Å². The third-order valence-electron chi connectivity index (χ3n) is 3.76. The first-order chi connectivity index (χ1) is 13.7. The first-order valence-electron chi connectivity index (χ1n) is 8.18. The molecule has 0 spiro atoms. The molecular weight excluding hydrogens is 409 g/mol. The molecule has 3 rings (SSSR count). The molecule has 2 heterocycles. The number of hydrogen-bond acceptors (Lipinski definition) is 6. The summed E-state index contributed by atoms with van der Waals surface area (Å²) in [5.74, 6) is -2.18. The second-order valence-electron chi connectivity index (χ2n) is 5.93. The first-order valence-corrected chi connectivity index (χ1v) is 9.00. The number of halogens is 3. The summed E-state index contributed by atoms with van der Waals surface area (Å²) in [6.45, 7) is 0.931. The lowest BCUT2D eigenvalue weighted by atomic mass is 10.1. The Labute approximate surface area is 166 Å². The number of thiazole rings is 1. The van der Waals surface area contributed by atoms with Crippen molar-refractivity contribution in [2.75, 3.05) is 16.4 Å². The number of nitrogens with one attached hydrogen (secondary N) is 2. The largest absolute Gasteiger partial charge is 0.375 e. The summed E-state index contributed by atoms with van der Waals surface area (Å²) in [5, 5.41) is 8.90. The fraction of sp³-hybridized carbons (Fsp3) is 0.176. The molecule has 0 aliphatic rings. The molecule has 152 valence electrons. The topological polar surface area (TPSA) is 115 Å². The van der Waals surface area contributed by atoms with Crippen LogP contribution in [-0.2, 0) is 6.54 Å². The molecule has 8 nitrogen and oxygen atoms in total. The minimum Gasteiger partial charge on any atom is -0.375 e. The van der Waals surface area contributed by atoms with Crippen LogP contribution in [0.5, 0.6) is 0 Å². The fourth-order valence-corrected chi connectivity index (χ4v) is 2.99. The minimum atomic E-state index is -2.60. The van der Waals surface area contributed by atoms with Gasteiger partial charge >= 0.3 is 0 Å². The standard InChI is InChI=1S/C17H15F3N6O2S/c1-8-4-10(18)9(5-11(8)23-16(28)12-6-22-17(21)29-12)15(27)24-14-2-3-26(25-14)7-13(19)20/h2-6,13H,7H2,1H3,(H2,21,22)(H,23,28)(H,24,25,27). The third kappa shape index (κ3) is 4.90. The van der Waals surface area contributed by atoms with E-state index < -0.39 is 30.6 Å². The van der Waals surface area contributed by atoms with E-state index >= 15 is 0 Å². The molecule has 2 amide bonds. The lowest BCUT2D eigenvalue weighted by Gasteiger charge is -2.11. The molecule has 0 atom stereocenters. The van der Waals surface area contributed by atoms with Crippen LogP contribution in [0.1, 0.15) is 25.6 Å². The maximum absolute atomic E-state index is 14.3. The number of anilines is 3. The highest BCUT2D eigenvalue weighted by atomic mass is 32.1. The predicted octanol–water partition coefficient (Wildman–Crippen LogP) is 3.14. The number of rotatable bonds is 6. The van der Waals surface area contributed by atoms with Gasteiger partial charge in [0, 0.05) is 18.0 Å². The Balaban J connectivity index is 1.78. The van der Waals surface area contributed by atoms with Gasteiger partial charge in [-0.1, -0.05) is 11.3 Å². The van der Waals surface area contributed by atoms with Gasteiger partial charge in [-0.25, -0.2) is 18.2 Å². The summed E-state index contributed by atoms with van der Waals surface area (Å²) in [4.78, 5) is 28.7. The number of hydrogen-bond donors (Lipinski definition) is 3. The van der Waals surface area contributed by atoms with Crippen molar-refractivity contribution in [1.29, 1.82) is 0 Å². The lowest BCUT2D eigenvalue weighted by Crippen LogP contribution is -2.17. The summed E-state index contributed by atoms with van der Waals surface area (Å²) in [5.41, 5.74) is 5.77. The highest BCUT2D eigenvalue weighted by molar-refractivity contribution is 7.17. The van der Waals surface area contributed by atoms with Gasteiger partial charge in [0.25, 0.3) is 18.2 Å². The average Bonchev–Trinajstić information content (AvgIpc) is 3.25. The predicted molar refractivity (Wildman–Crippen MR) is 102 cm³/mol. The van der Waals surface area contributed by atoms with Gasteiger partial charge in [-0.15, -0.1) is 0 Å². The molecule has 0 aliphatic carbocycles. The number of nitrogens with zero attached hydrogens (tertiary/aromatic N) is 3. The molecule has 2 aromatic heterocycles. The summed E-state index contributed by atoms with van der Waals surface area (Å²) in [6.07, 6.45) is -0.0370. The molecule has 29 heavy (non-hydrogen) atoms. The summed E-state index contributed by atoms with van der Waals surface area (Å²) in [7, 11) is 0. The minimum absolute atomic E-state index is 0.0126. The van der Waals surface area contributed by atoms with E-state index in [-0.39, 0.29) is 27.1 Å². The van der Waals surface area contributed by atoms with Crippen molar-refractivity contribution in [3.63, 3.8) is 0 Å². The number of benzene rings is 1. The Hall–Kier alpha value is -3.41. The summed E-state index contributed by atoms with van der Waals surface area (Å²) >= 11 is 0.980. The van der Waals surface area contributed by atoms with E-state index in [1.165, 1.54) is 24.5 Å². The van der Waals surface area contributed by atoms with Crippen LogP contribution in [0.2, 0.25) is 0 Å². The number of aryl methyl sites for hydroxylation is 1. The number of amides is 2. The van der Waals surface area contributed by atoms with Gasteiger partial charge in [-0.3, -0.25) is 14.3 Å². The monoisotopic (exact) mass is 424 g/mol. The zero-order valence-electron chi connectivity index (χ0n) is 14.9. The molecule has 1 aromatic carbocycles. The van der Waals surface area contributed by atoms with Crippen molar-refractivity contribution >= 4 is 39.8 Å². The van der Waals surface area contributed by atoms with E-state index in [0.29, 0.717) is 5.56 Å². The van der Waals surface area contributed by atoms with Crippen molar-refractivity contribution in [1.82, 2.24) is 14.8 Å². The maximum atomic E-state index is 14.3. The SMILES string of the molecule is Cc1cc(F)c(C(=O)Nc2ccn(CC(F)F)n2)cc1NC(=O)c1cnc(N)s1. The third-order valence-corrected chi connectivity index (χ3v) is 4.59. The van der Waals surface area contributed by atoms with Gasteiger partial charge in [0.05, 0.1) is 11.8 Å². The van der Waals surface area contributed by atoms with E-state index in [1.807, 2.05) is 0 Å². The fourth-order valence-electron chi connectivity index (χ4n) is 2.41. The van der Waals surface area contributed by atoms with E-state index in [2.05, 4.69) is 20.7 Å². The molecule has 0 fully saturated rings. The number of carbonyl (C=O) groups is 2. The second kappa shape index (κ2) is 8.31. The number of nitrogens with two attached hydrogens (primary N) is 1. The van der Waals surface area contributed by atoms with Crippen LogP contribution in [0.15, 0.2) is 30.6 Å². The molecule has 0 radical (unpaired) electrons. The first kappa shape index (κ1) is 20.3. The van der Waals surface area contributed by atoms with Gasteiger partial charge in [-0.2, -0.15) is 5.10 Å². The Morgan fingerprint density at radius 2 is 2.03 bits per heavy atom. The Morgan fingerprint density at radius 1 is 1.28 bits per heavy atom. The molecule has 0 saturated carbocycles. The molecule has 4 N–H and O–H groups in total. The van der Waals surface area contributed by atoms with Crippen LogP contribution >= 0.6 is 11.3 Å². The van der Waals surface area contributed by atoms with E-state index in [1.54, 1.807) is 6.92 Å². The number of nitrogen functional groups attached to an aromatic ring is 1. The molecule has 3 aromatic rings. The van der Waals surface area contributed by atoms with Gasteiger partial charge in [0.15, 0.2) is 10.9 Å². The van der Waals surface area contributed by atoms with Crippen LogP contribution in [0.3, 0.4) is 0 Å². The number of carbonyl (C=O) groups excluding carboxylic acids is 2. The molecule has 0 aliphatic heterocycles. The van der Waals surface area contributed by atoms with Gasteiger partial charge in [-0.05, 0) is 24.6 Å². The zero-order valence-corrected chi connectivity index (χ0v) is 15.8. The van der Waals surface area contributed by atoms with Crippen molar-refractivity contribution < 1.29 is 22.8 Å². The van der Waals surface area contributed by atoms with Gasteiger partial charge in [0.1, 0.15) is 17.2 Å². The summed E-state index contributed by atoms with van der Waals surface area (Å²) < 4.78 is 40.0. The zero-order chi connectivity index (χ0) is 21.1. The normalized spacial score (nSPS) is 10.9. The van der Waals surface area contributed by atoms with Crippen LogP contribution in [-0.4, -0.2) is 33.0 Å². The van der Waals surface area contributed by atoms with Crippen LogP contribution in [0, 0.1) is 12.7 Å². The highest BCUT2D eigenvalue weighted by Gasteiger charge is 2.18. The quantitative estimate of drug-likeness (QED) is 0.562. The van der Waals surface area contributed by atoms with Crippen LogP contribution in [0.25, 0.3) is 0 Å². The van der Waals surface area contributed by atoms with Gasteiger partial charge in [0.2, 0.25) is 0 Å². The number of alkyl halides is 2. The maximum Gasteiger partial charge on any atom is 0.267 e. The van der Waals surface area contributed by atoms with E-state index in [4.69, 9.17) is 5.73 Å². The lowest BCUT2D eigenvalue weighted by molar-refractivity contribution is 0.101. The highest BCUT2D eigenvalue weighted by Crippen LogP contribution is 2.23. The molecule has 0 unspecified atom stereocenters. The molecule has 0 saturated heterocycles. The van der Waals surface area contributed by atoms with Crippen molar-refractivity contribution in [3.8, 4) is 0 Å².